The van der Waals surface area contributed by atoms with Gasteiger partial charge in [0.25, 0.3) is 5.91 Å². The van der Waals surface area contributed by atoms with Gasteiger partial charge in [-0.1, -0.05) is 26.8 Å². The third kappa shape index (κ3) is 5.91. The van der Waals surface area contributed by atoms with Gasteiger partial charge in [0.05, 0.1) is 24.5 Å². The third-order valence-corrected chi connectivity index (χ3v) is 11.0. The van der Waals surface area contributed by atoms with E-state index in [0.717, 1.165) is 29.6 Å². The molecule has 2 heterocycles. The number of aromatic nitrogens is 3. The largest absolute Gasteiger partial charge is 0.415 e. The van der Waals surface area contributed by atoms with Crippen LogP contribution in [0.1, 0.15) is 50.6 Å². The molecule has 1 atom stereocenters. The number of aryl methyl sites for hydroxylation is 1. The van der Waals surface area contributed by atoms with Crippen LogP contribution in [0.2, 0.25) is 18.1 Å². The summed E-state index contributed by atoms with van der Waals surface area (Å²) in [6.45, 7) is 13.9. The van der Waals surface area contributed by atoms with Gasteiger partial charge in [0.15, 0.2) is 8.32 Å². The third-order valence-electron chi connectivity index (χ3n) is 6.52. The molecular weight excluding hydrogens is 434 g/mol. The summed E-state index contributed by atoms with van der Waals surface area (Å²) in [6.07, 6.45) is 6.18. The van der Waals surface area contributed by atoms with Crippen molar-refractivity contribution in [2.24, 2.45) is 5.73 Å². The quantitative estimate of drug-likeness (QED) is 0.449. The first-order valence-electron chi connectivity index (χ1n) is 11.2. The molecule has 0 aliphatic carbocycles. The van der Waals surface area contributed by atoms with Gasteiger partial charge in [-0.15, -0.1) is 0 Å². The monoisotopic (exact) mass is 469 g/mol. The minimum Gasteiger partial charge on any atom is -0.415 e. The Morgan fingerprint density at radius 3 is 2.58 bits per heavy atom. The van der Waals surface area contributed by atoms with E-state index in [-0.39, 0.29) is 22.7 Å². The Morgan fingerprint density at radius 2 is 1.97 bits per heavy atom. The summed E-state index contributed by atoms with van der Waals surface area (Å²) in [6, 6.07) is 7.96. The molecule has 8 nitrogen and oxygen atoms in total. The van der Waals surface area contributed by atoms with Crippen LogP contribution in [0.15, 0.2) is 43.0 Å². The van der Waals surface area contributed by atoms with Crippen molar-refractivity contribution in [3.63, 3.8) is 0 Å². The lowest BCUT2D eigenvalue weighted by Gasteiger charge is -2.37. The Bertz CT molecular complexity index is 1140. The van der Waals surface area contributed by atoms with Crippen molar-refractivity contribution in [3.05, 3.63) is 48.7 Å². The van der Waals surface area contributed by atoms with Crippen LogP contribution in [0.25, 0.3) is 10.9 Å². The number of amides is 2. The van der Waals surface area contributed by atoms with Gasteiger partial charge in [0.2, 0.25) is 5.91 Å². The number of carbonyl (C=O) groups excluding carboxylic acids is 2. The number of hydrogen-bond donors (Lipinski definition) is 2. The maximum Gasteiger partial charge on any atom is 0.268 e. The molecule has 33 heavy (non-hydrogen) atoms. The van der Waals surface area contributed by atoms with Crippen molar-refractivity contribution in [3.8, 4) is 0 Å². The zero-order chi connectivity index (χ0) is 24.4. The second kappa shape index (κ2) is 9.52. The van der Waals surface area contributed by atoms with E-state index < -0.39 is 14.2 Å². The lowest BCUT2D eigenvalue weighted by Crippen LogP contribution is -2.42. The molecule has 1 unspecified atom stereocenters. The zero-order valence-corrected chi connectivity index (χ0v) is 21.4. The van der Waals surface area contributed by atoms with Gasteiger partial charge in [-0.05, 0) is 48.1 Å². The summed E-state index contributed by atoms with van der Waals surface area (Å²) in [5.41, 5.74) is 7.49. The summed E-state index contributed by atoms with van der Waals surface area (Å²) in [5, 5.41) is 4.05. The molecule has 1 aromatic carbocycles. The fourth-order valence-electron chi connectivity index (χ4n) is 3.45. The molecule has 2 aromatic heterocycles. The number of benzene rings is 1. The molecule has 0 spiro atoms. The summed E-state index contributed by atoms with van der Waals surface area (Å²) >= 11 is 0. The number of nitrogens with one attached hydrogen (secondary N) is 1. The number of nitrogens with zero attached hydrogens (tertiary/aromatic N) is 3. The lowest BCUT2D eigenvalue weighted by atomic mass is 10.2. The van der Waals surface area contributed by atoms with E-state index in [1.54, 1.807) is 12.5 Å². The maximum absolute atomic E-state index is 11.6. The molecule has 0 aliphatic heterocycles. The maximum atomic E-state index is 11.6. The van der Waals surface area contributed by atoms with Gasteiger partial charge in [-0.2, -0.15) is 0 Å². The van der Waals surface area contributed by atoms with Crippen LogP contribution in [0.3, 0.4) is 0 Å². The van der Waals surface area contributed by atoms with Gasteiger partial charge in [0, 0.05) is 31.5 Å². The highest BCUT2D eigenvalue weighted by atomic mass is 28.4. The van der Waals surface area contributed by atoms with Crippen molar-refractivity contribution in [2.75, 3.05) is 11.9 Å². The van der Waals surface area contributed by atoms with E-state index >= 15 is 0 Å². The van der Waals surface area contributed by atoms with Crippen molar-refractivity contribution >= 4 is 36.7 Å². The van der Waals surface area contributed by atoms with Crippen LogP contribution < -0.4 is 11.1 Å². The number of fused-ring (bicyclic) bond motifs is 1. The van der Waals surface area contributed by atoms with Crippen LogP contribution in [-0.4, -0.2) is 40.9 Å². The second-order valence-corrected chi connectivity index (χ2v) is 14.9. The molecule has 9 heteroatoms. The van der Waals surface area contributed by atoms with Crippen molar-refractivity contribution in [1.29, 1.82) is 0 Å². The van der Waals surface area contributed by atoms with Crippen LogP contribution >= 0.6 is 0 Å². The Morgan fingerprint density at radius 1 is 1.24 bits per heavy atom. The normalized spacial score (nSPS) is 13.3. The van der Waals surface area contributed by atoms with Crippen molar-refractivity contribution in [2.45, 2.75) is 64.8 Å². The lowest BCUT2D eigenvalue weighted by molar-refractivity contribution is -0.114. The topological polar surface area (TPSA) is 104 Å². The summed E-state index contributed by atoms with van der Waals surface area (Å²) in [4.78, 5) is 27.2. The van der Waals surface area contributed by atoms with E-state index in [9.17, 15) is 9.59 Å². The molecule has 0 radical (unpaired) electrons. The molecule has 0 bridgehead atoms. The standard InChI is InChI=1S/C24H35N5O3Si/c1-17(30)27-19-8-7-18-9-11-28(22(18)13-19)12-10-20(15-32-33(5,6)24(2,3)4)29-14-21(23(25)31)26-16-29/h7-9,11,13-14,16,20H,10,12,15H2,1-6H3,(H2,25,31)(H,27,30). The highest BCUT2D eigenvalue weighted by molar-refractivity contribution is 6.74. The molecule has 0 saturated heterocycles. The molecular formula is C24H35N5O3Si. The Kier molecular flexibility index (Phi) is 7.13. The van der Waals surface area contributed by atoms with E-state index in [4.69, 9.17) is 10.2 Å². The highest BCUT2D eigenvalue weighted by Gasteiger charge is 2.37. The van der Waals surface area contributed by atoms with E-state index in [1.807, 2.05) is 22.8 Å². The first-order chi connectivity index (χ1) is 15.4. The number of nitrogens with two attached hydrogens (primary N) is 1. The van der Waals surface area contributed by atoms with Gasteiger partial charge in [0.1, 0.15) is 5.69 Å². The first-order valence-corrected chi connectivity index (χ1v) is 14.1. The number of carbonyl (C=O) groups is 2. The minimum atomic E-state index is -1.95. The highest BCUT2D eigenvalue weighted by Crippen LogP contribution is 2.37. The summed E-state index contributed by atoms with van der Waals surface area (Å²) in [7, 11) is -1.95. The minimum absolute atomic E-state index is 0.00398. The number of primary amides is 1. The Balaban J connectivity index is 1.82. The number of imidazole rings is 1. The second-order valence-electron chi connectivity index (χ2n) is 10.0. The average Bonchev–Trinajstić information content (AvgIpc) is 3.34. The predicted molar refractivity (Wildman–Crippen MR) is 134 cm³/mol. The molecule has 0 saturated carbocycles. The van der Waals surface area contributed by atoms with E-state index in [1.165, 1.54) is 6.92 Å². The van der Waals surface area contributed by atoms with Gasteiger partial charge < -0.3 is 24.6 Å². The molecule has 3 N–H and O–H groups in total. The van der Waals surface area contributed by atoms with E-state index in [2.05, 4.69) is 61.0 Å². The SMILES string of the molecule is CC(=O)Nc1ccc2ccn(CCC(CO[Si](C)(C)C(C)(C)C)n3cnc(C(N)=O)c3)c2c1. The van der Waals surface area contributed by atoms with Crippen LogP contribution in [0.4, 0.5) is 5.69 Å². The van der Waals surface area contributed by atoms with Crippen LogP contribution in [0.5, 0.6) is 0 Å². The predicted octanol–water partition coefficient (Wildman–Crippen LogP) is 4.55. The molecule has 178 valence electrons. The summed E-state index contributed by atoms with van der Waals surface area (Å²) in [5.74, 6) is -0.639. The fraction of sp³-hybridized carbons (Fsp3) is 0.458. The van der Waals surface area contributed by atoms with E-state index in [0.29, 0.717) is 6.61 Å². The molecule has 2 amide bonds. The molecule has 3 rings (SSSR count). The number of anilines is 1. The Labute approximate surface area is 196 Å². The smallest absolute Gasteiger partial charge is 0.268 e. The van der Waals surface area contributed by atoms with Gasteiger partial charge >= 0.3 is 0 Å². The average molecular weight is 470 g/mol. The molecule has 0 fully saturated rings. The van der Waals surface area contributed by atoms with Crippen LogP contribution in [-0.2, 0) is 15.8 Å². The molecule has 3 aromatic rings. The van der Waals surface area contributed by atoms with Crippen molar-refractivity contribution in [1.82, 2.24) is 14.1 Å². The molecule has 0 aliphatic rings. The van der Waals surface area contributed by atoms with Crippen LogP contribution in [0, 0.1) is 0 Å². The summed E-state index contributed by atoms with van der Waals surface area (Å²) < 4.78 is 10.6. The zero-order valence-electron chi connectivity index (χ0n) is 20.4. The van der Waals surface area contributed by atoms with Gasteiger partial charge in [-0.25, -0.2) is 4.98 Å². The Hall–Kier alpha value is -2.91. The fourth-order valence-corrected chi connectivity index (χ4v) is 4.49. The van der Waals surface area contributed by atoms with Gasteiger partial charge in [-0.3, -0.25) is 9.59 Å². The van der Waals surface area contributed by atoms with Crippen molar-refractivity contribution < 1.29 is 14.0 Å². The number of rotatable bonds is 9. The first kappa shape index (κ1) is 24.7. The number of hydrogen-bond acceptors (Lipinski definition) is 4.